The Balaban J connectivity index is 1.54. The molecular formula is C26H26FN5O5. The highest BCUT2D eigenvalue weighted by Crippen LogP contribution is 2.46. The third-order valence-corrected chi connectivity index (χ3v) is 6.64. The number of amides is 5. The molecule has 0 bridgehead atoms. The number of imide groups is 1. The molecule has 1 aliphatic heterocycles. The van der Waals surface area contributed by atoms with Crippen molar-refractivity contribution in [2.75, 3.05) is 18.9 Å². The highest BCUT2D eigenvalue weighted by molar-refractivity contribution is 6.06. The van der Waals surface area contributed by atoms with Gasteiger partial charge in [0.25, 0.3) is 5.91 Å². The van der Waals surface area contributed by atoms with E-state index in [0.29, 0.717) is 23.2 Å². The smallest absolute Gasteiger partial charge is 0.418 e. The quantitative estimate of drug-likeness (QED) is 0.592. The molecule has 2 aromatic rings. The van der Waals surface area contributed by atoms with Crippen molar-refractivity contribution in [2.24, 2.45) is 0 Å². The van der Waals surface area contributed by atoms with Crippen molar-refractivity contribution in [2.45, 2.75) is 44.4 Å². The van der Waals surface area contributed by atoms with Crippen molar-refractivity contribution in [1.29, 1.82) is 5.26 Å². The maximum atomic E-state index is 13.5. The molecule has 10 nitrogen and oxygen atoms in total. The molecule has 1 aliphatic carbocycles. The molecule has 0 saturated carbocycles. The van der Waals surface area contributed by atoms with Crippen LogP contribution < -0.4 is 10.6 Å². The van der Waals surface area contributed by atoms with E-state index in [2.05, 4.69) is 10.6 Å². The predicted molar refractivity (Wildman–Crippen MR) is 129 cm³/mol. The van der Waals surface area contributed by atoms with E-state index in [-0.39, 0.29) is 19.4 Å². The van der Waals surface area contributed by atoms with Crippen molar-refractivity contribution >= 4 is 29.6 Å². The molecule has 1 fully saturated rings. The fraction of sp³-hybridized carbons (Fsp3) is 0.346. The van der Waals surface area contributed by atoms with E-state index in [4.69, 9.17) is 10.00 Å². The van der Waals surface area contributed by atoms with Crippen LogP contribution in [0.15, 0.2) is 42.5 Å². The Bertz CT molecular complexity index is 1290. The number of hydrogen-bond acceptors (Lipinski definition) is 6. The molecule has 37 heavy (non-hydrogen) atoms. The number of carbonyl (C=O) groups excluding carboxylic acids is 4. The monoisotopic (exact) mass is 507 g/mol. The lowest BCUT2D eigenvalue weighted by atomic mass is 9.94. The number of anilines is 1. The lowest BCUT2D eigenvalue weighted by Crippen LogP contribution is -2.47. The first-order chi connectivity index (χ1) is 17.7. The van der Waals surface area contributed by atoms with Crippen LogP contribution in [0.2, 0.25) is 0 Å². The van der Waals surface area contributed by atoms with Gasteiger partial charge in [-0.15, -0.1) is 0 Å². The minimum Gasteiger partial charge on any atom is -0.427 e. The predicted octanol–water partition coefficient (Wildman–Crippen LogP) is 3.03. The number of urea groups is 1. The molecule has 0 radical (unpaired) electrons. The zero-order valence-corrected chi connectivity index (χ0v) is 20.4. The Hall–Kier alpha value is -4.46. The van der Waals surface area contributed by atoms with Crippen LogP contribution in [0.1, 0.15) is 36.5 Å². The third-order valence-electron chi connectivity index (χ3n) is 6.64. The second-order valence-electron chi connectivity index (χ2n) is 9.02. The SMILES string of the molecule is CNC(=O)Nc1ccc2c(c1)CC[C@@]21OC(=O)N(CC(=O)N(Cc2ccc(F)cc2)C(C)CC#N)C1=O. The van der Waals surface area contributed by atoms with Gasteiger partial charge in [0, 0.05) is 37.3 Å². The summed E-state index contributed by atoms with van der Waals surface area (Å²) in [6, 6.07) is 11.7. The largest absolute Gasteiger partial charge is 0.427 e. The van der Waals surface area contributed by atoms with Crippen LogP contribution in [0, 0.1) is 17.1 Å². The zero-order valence-electron chi connectivity index (χ0n) is 20.4. The highest BCUT2D eigenvalue weighted by Gasteiger charge is 2.58. The van der Waals surface area contributed by atoms with Gasteiger partial charge in [-0.2, -0.15) is 5.26 Å². The molecule has 1 saturated heterocycles. The second kappa shape index (κ2) is 10.3. The number of nitriles is 1. The van der Waals surface area contributed by atoms with Gasteiger partial charge in [0.15, 0.2) is 0 Å². The van der Waals surface area contributed by atoms with Crippen molar-refractivity contribution in [3.05, 3.63) is 65.0 Å². The molecule has 1 heterocycles. The van der Waals surface area contributed by atoms with E-state index in [1.807, 2.05) is 6.07 Å². The molecular weight excluding hydrogens is 481 g/mol. The number of fused-ring (bicyclic) bond motifs is 2. The molecule has 5 amide bonds. The third kappa shape index (κ3) is 4.95. The second-order valence-corrected chi connectivity index (χ2v) is 9.02. The normalized spacial score (nSPS) is 18.7. The van der Waals surface area contributed by atoms with Gasteiger partial charge in [0.05, 0.1) is 12.5 Å². The summed E-state index contributed by atoms with van der Waals surface area (Å²) in [6.45, 7) is 1.21. The van der Waals surface area contributed by atoms with Crippen LogP contribution >= 0.6 is 0 Å². The molecule has 2 N–H and O–H groups in total. The number of nitrogens with one attached hydrogen (secondary N) is 2. The Morgan fingerprint density at radius 3 is 2.65 bits per heavy atom. The lowest BCUT2D eigenvalue weighted by molar-refractivity contribution is -0.143. The maximum absolute atomic E-state index is 13.5. The first kappa shape index (κ1) is 25.6. The van der Waals surface area contributed by atoms with Crippen LogP contribution in [-0.4, -0.2) is 53.4 Å². The van der Waals surface area contributed by atoms with Crippen LogP contribution in [-0.2, 0) is 32.9 Å². The van der Waals surface area contributed by atoms with Crippen molar-refractivity contribution in [3.63, 3.8) is 0 Å². The summed E-state index contributed by atoms with van der Waals surface area (Å²) in [6.07, 6.45) is -0.233. The number of nitrogens with zero attached hydrogens (tertiary/aromatic N) is 3. The first-order valence-electron chi connectivity index (χ1n) is 11.8. The van der Waals surface area contributed by atoms with Gasteiger partial charge in [-0.05, 0) is 48.7 Å². The van der Waals surface area contributed by atoms with E-state index in [0.717, 1.165) is 10.5 Å². The average Bonchev–Trinajstić information content (AvgIpc) is 3.35. The number of aryl methyl sites for hydroxylation is 1. The topological polar surface area (TPSA) is 132 Å². The van der Waals surface area contributed by atoms with Crippen LogP contribution in [0.3, 0.4) is 0 Å². The Morgan fingerprint density at radius 1 is 1.24 bits per heavy atom. The number of carbonyl (C=O) groups is 4. The molecule has 1 spiro atoms. The van der Waals surface area contributed by atoms with E-state index in [9.17, 15) is 23.6 Å². The molecule has 2 atom stereocenters. The Labute approximate surface area is 213 Å². The number of hydrogen-bond donors (Lipinski definition) is 2. The summed E-state index contributed by atoms with van der Waals surface area (Å²) in [4.78, 5) is 53.4. The zero-order chi connectivity index (χ0) is 26.7. The number of rotatable bonds is 7. The maximum Gasteiger partial charge on any atom is 0.418 e. The summed E-state index contributed by atoms with van der Waals surface area (Å²) in [5.41, 5.74) is 0.908. The number of ether oxygens (including phenoxy) is 1. The van der Waals surface area contributed by atoms with Gasteiger partial charge in [-0.25, -0.2) is 18.9 Å². The van der Waals surface area contributed by atoms with Gasteiger partial charge < -0.3 is 20.3 Å². The van der Waals surface area contributed by atoms with E-state index < -0.39 is 47.9 Å². The number of halogens is 1. The van der Waals surface area contributed by atoms with Crippen molar-refractivity contribution in [1.82, 2.24) is 15.1 Å². The molecule has 11 heteroatoms. The van der Waals surface area contributed by atoms with Crippen molar-refractivity contribution < 1.29 is 28.3 Å². The highest BCUT2D eigenvalue weighted by atomic mass is 19.1. The summed E-state index contributed by atoms with van der Waals surface area (Å²) in [5.74, 6) is -1.60. The first-order valence-corrected chi connectivity index (χ1v) is 11.8. The van der Waals surface area contributed by atoms with Crippen LogP contribution in [0.4, 0.5) is 19.7 Å². The van der Waals surface area contributed by atoms with Gasteiger partial charge in [-0.1, -0.05) is 18.2 Å². The molecule has 2 aliphatic rings. The fourth-order valence-electron chi connectivity index (χ4n) is 4.67. The van der Waals surface area contributed by atoms with Gasteiger partial charge in [-0.3, -0.25) is 9.59 Å². The fourth-order valence-corrected chi connectivity index (χ4v) is 4.67. The molecule has 0 aromatic heterocycles. The lowest BCUT2D eigenvalue weighted by Gasteiger charge is -2.29. The van der Waals surface area contributed by atoms with Gasteiger partial charge >= 0.3 is 12.1 Å². The molecule has 1 unspecified atom stereocenters. The van der Waals surface area contributed by atoms with E-state index in [1.165, 1.54) is 36.2 Å². The Morgan fingerprint density at radius 2 is 1.97 bits per heavy atom. The summed E-state index contributed by atoms with van der Waals surface area (Å²) < 4.78 is 18.9. The summed E-state index contributed by atoms with van der Waals surface area (Å²) in [7, 11) is 1.49. The number of benzene rings is 2. The van der Waals surface area contributed by atoms with Crippen LogP contribution in [0.5, 0.6) is 0 Å². The summed E-state index contributed by atoms with van der Waals surface area (Å²) in [5, 5.41) is 14.3. The Kier molecular flexibility index (Phi) is 7.11. The summed E-state index contributed by atoms with van der Waals surface area (Å²) >= 11 is 0. The van der Waals surface area contributed by atoms with Crippen LogP contribution in [0.25, 0.3) is 0 Å². The molecule has 2 aromatic carbocycles. The average molecular weight is 508 g/mol. The standard InChI is InChI=1S/C26H26FN5O5/c1-16(10-12-28)31(14-17-3-5-19(27)6-4-17)22(33)15-32-23(34)26(37-25(32)36)11-9-18-13-20(7-8-21(18)26)30-24(35)29-2/h3-8,13,16H,9-11,14-15H2,1-2H3,(H2,29,30,35)/t16?,26-/m1/s1. The molecule has 4 rings (SSSR count). The van der Waals surface area contributed by atoms with Crippen molar-refractivity contribution in [3.8, 4) is 6.07 Å². The van der Waals surface area contributed by atoms with Gasteiger partial charge in [0.1, 0.15) is 12.4 Å². The van der Waals surface area contributed by atoms with Gasteiger partial charge in [0.2, 0.25) is 11.5 Å². The van der Waals surface area contributed by atoms with E-state index in [1.54, 1.807) is 25.1 Å². The minimum atomic E-state index is -1.53. The minimum absolute atomic E-state index is 0.0368. The van der Waals surface area contributed by atoms with E-state index >= 15 is 0 Å². The molecule has 192 valence electrons.